The number of nitrogens with one attached hydrogen (secondary N) is 1. The predicted molar refractivity (Wildman–Crippen MR) is 100 cm³/mol. The van der Waals surface area contributed by atoms with Crippen molar-refractivity contribution in [2.24, 2.45) is 5.73 Å². The maximum atomic E-state index is 11.4. The van der Waals surface area contributed by atoms with Crippen molar-refractivity contribution in [1.82, 2.24) is 16.5 Å². The predicted octanol–water partition coefficient (Wildman–Crippen LogP) is 1.53. The summed E-state index contributed by atoms with van der Waals surface area (Å²) in [7, 11) is 0. The fourth-order valence-electron chi connectivity index (χ4n) is 1.37. The zero-order chi connectivity index (χ0) is 15.0. The molecule has 7 nitrogen and oxygen atoms in total. The molecule has 11 heteroatoms. The lowest BCUT2D eigenvalue weighted by atomic mass is 10.2. The molecule has 1 aromatic rings. The van der Waals surface area contributed by atoms with Gasteiger partial charge in [-0.1, -0.05) is 0 Å². The number of carboxylic acids is 1. The Hall–Kier alpha value is -0.710. The number of halogens is 2. The zero-order valence-electron chi connectivity index (χ0n) is 12.3. The highest BCUT2D eigenvalue weighted by atomic mass is 35.5. The van der Waals surface area contributed by atoms with Crippen LogP contribution in [0.1, 0.15) is 12.1 Å². The third-order valence-electron chi connectivity index (χ3n) is 2.38. The van der Waals surface area contributed by atoms with Crippen LogP contribution in [-0.4, -0.2) is 40.3 Å². The number of hydrogen-bond donors (Lipinski definition) is 5. The molecule has 1 atom stereocenters. The number of thioether (sulfide) groups is 1. The summed E-state index contributed by atoms with van der Waals surface area (Å²) in [5, 5.41) is 11.1. The zero-order valence-corrected chi connectivity index (χ0v) is 15.6. The van der Waals surface area contributed by atoms with Crippen molar-refractivity contribution in [1.29, 1.82) is 0 Å². The number of nitrogens with zero attached hydrogens (tertiary/aromatic N) is 1. The molecule has 1 amide bonds. The molecule has 23 heavy (non-hydrogen) atoms. The van der Waals surface area contributed by atoms with Crippen molar-refractivity contribution in [3.05, 3.63) is 24.0 Å². The normalized spacial score (nSPS) is 10.3. The number of pyridine rings is 1. The van der Waals surface area contributed by atoms with Crippen molar-refractivity contribution in [2.75, 3.05) is 12.3 Å². The molecule has 0 spiro atoms. The van der Waals surface area contributed by atoms with Crippen molar-refractivity contribution >= 4 is 61.1 Å². The molecule has 0 saturated carbocycles. The van der Waals surface area contributed by atoms with Crippen LogP contribution in [0.15, 0.2) is 23.2 Å². The van der Waals surface area contributed by atoms with E-state index in [4.69, 9.17) is 10.8 Å². The highest BCUT2D eigenvalue weighted by Gasteiger charge is 2.16. The Morgan fingerprint density at radius 3 is 2.65 bits per heavy atom. The summed E-state index contributed by atoms with van der Waals surface area (Å²) in [6.07, 6.45) is 1.35. The van der Waals surface area contributed by atoms with E-state index < -0.39 is 17.9 Å². The molecule has 7 N–H and O–H groups in total. The van der Waals surface area contributed by atoms with Gasteiger partial charge in [-0.2, -0.15) is 11.8 Å². The summed E-state index contributed by atoms with van der Waals surface area (Å²) in [5.74, 6) is -0.134. The van der Waals surface area contributed by atoms with Crippen LogP contribution in [0.5, 0.6) is 0 Å². The van der Waals surface area contributed by atoms with E-state index in [1.807, 2.05) is 12.1 Å². The fraction of sp³-hybridized carbons (Fsp3) is 0.417. The second kappa shape index (κ2) is 14.9. The smallest absolute Gasteiger partial charge is 0.305 e. The van der Waals surface area contributed by atoms with Crippen LogP contribution in [-0.2, 0) is 15.3 Å². The Morgan fingerprint density at radius 2 is 2.09 bits per heavy atom. The number of amides is 1. The number of rotatable bonds is 8. The van der Waals surface area contributed by atoms with Crippen LogP contribution >= 0.6 is 49.2 Å². The van der Waals surface area contributed by atoms with Gasteiger partial charge < -0.3 is 22.3 Å². The topological polar surface area (TPSA) is 140 Å². The van der Waals surface area contributed by atoms with E-state index in [1.165, 1.54) is 0 Å². The molecule has 0 fully saturated rings. The molecule has 0 aliphatic rings. The maximum absolute atomic E-state index is 11.4. The number of carbonyl (C=O) groups is 2. The summed E-state index contributed by atoms with van der Waals surface area (Å²) >= 11 is 5.90. The number of nitrogens with two attached hydrogens (primary N) is 1. The van der Waals surface area contributed by atoms with Gasteiger partial charge in [0, 0.05) is 29.1 Å². The Balaban J connectivity index is -0.00000133. The van der Waals surface area contributed by atoms with Gasteiger partial charge in [-0.25, -0.2) is 0 Å². The minimum Gasteiger partial charge on any atom is -0.481 e. The number of aromatic nitrogens is 1. The lowest BCUT2D eigenvalue weighted by Gasteiger charge is -2.10. The minimum atomic E-state index is -1.08. The van der Waals surface area contributed by atoms with E-state index in [2.05, 4.69) is 22.9 Å². The second-order valence-electron chi connectivity index (χ2n) is 4.02. The average Bonchev–Trinajstić information content (AvgIpc) is 2.39. The van der Waals surface area contributed by atoms with Gasteiger partial charge in [0.05, 0.1) is 18.2 Å². The van der Waals surface area contributed by atoms with Crippen LogP contribution in [0, 0.1) is 0 Å². The van der Waals surface area contributed by atoms with Crippen LogP contribution in [0.3, 0.4) is 0 Å². The van der Waals surface area contributed by atoms with Gasteiger partial charge in [0.25, 0.3) is 0 Å². The lowest BCUT2D eigenvalue weighted by Crippen LogP contribution is -2.42. The molecule has 1 aromatic heterocycles. The van der Waals surface area contributed by atoms with Crippen LogP contribution in [0.4, 0.5) is 0 Å². The first-order chi connectivity index (χ1) is 9.50. The quantitative estimate of drug-likeness (QED) is 0.326. The van der Waals surface area contributed by atoms with Crippen molar-refractivity contribution in [2.45, 2.75) is 23.1 Å². The Labute approximate surface area is 157 Å². The van der Waals surface area contributed by atoms with E-state index in [1.54, 1.807) is 18.0 Å². The van der Waals surface area contributed by atoms with Gasteiger partial charge in [-0.3, -0.25) is 14.6 Å². The van der Waals surface area contributed by atoms with Crippen LogP contribution < -0.4 is 17.2 Å². The Morgan fingerprint density at radius 1 is 1.43 bits per heavy atom. The third-order valence-corrected chi connectivity index (χ3v) is 3.76. The summed E-state index contributed by atoms with van der Waals surface area (Å²) in [6, 6.07) is 2.69. The molecule has 0 saturated heterocycles. The van der Waals surface area contributed by atoms with Crippen molar-refractivity contribution < 1.29 is 14.7 Å². The fourth-order valence-corrected chi connectivity index (χ4v) is 2.51. The summed E-state index contributed by atoms with van der Waals surface area (Å²) in [6.45, 7) is 0.436. The van der Waals surface area contributed by atoms with Crippen molar-refractivity contribution in [3.8, 4) is 0 Å². The molecule has 134 valence electrons. The first kappa shape index (κ1) is 27.2. The van der Waals surface area contributed by atoms with Gasteiger partial charge in [0.15, 0.2) is 0 Å². The molecular formula is C12H22Cl2N4O3S2. The maximum Gasteiger partial charge on any atom is 0.305 e. The van der Waals surface area contributed by atoms with Gasteiger partial charge in [0.1, 0.15) is 0 Å². The molecule has 0 aromatic carbocycles. The summed E-state index contributed by atoms with van der Waals surface area (Å²) in [5.41, 5.74) is 6.32. The van der Waals surface area contributed by atoms with Gasteiger partial charge in [-0.05, 0) is 12.1 Å². The van der Waals surface area contributed by atoms with Gasteiger partial charge in [-0.15, -0.1) is 37.4 Å². The summed E-state index contributed by atoms with van der Waals surface area (Å²) < 4.78 is 0. The van der Waals surface area contributed by atoms with Crippen LogP contribution in [0.2, 0.25) is 0 Å². The third kappa shape index (κ3) is 11.5. The monoisotopic (exact) mass is 404 g/mol. The standard InChI is InChI=1S/C12H17N3O3S2.2ClH.H3N/c13-8(6-11(16)17)12(18)15-4-5-20-7-9-10(19)2-1-3-14-9;;;/h1-3,8,19H,4-7,13H2,(H,15,18)(H,16,17);2*1H;1H3/t8-;;;/m0.../s1. The molecular weight excluding hydrogens is 383 g/mol. The molecule has 0 aliphatic carbocycles. The number of carbonyl (C=O) groups excluding carboxylic acids is 1. The largest absolute Gasteiger partial charge is 0.481 e. The van der Waals surface area contributed by atoms with Crippen LogP contribution in [0.25, 0.3) is 0 Å². The SMILES string of the molecule is Cl.Cl.N.N[C@@H](CC(=O)O)C(=O)NCCSCc1ncccc1S. The van der Waals surface area contributed by atoms with Gasteiger partial charge >= 0.3 is 5.97 Å². The van der Waals surface area contributed by atoms with E-state index in [0.29, 0.717) is 18.1 Å². The van der Waals surface area contributed by atoms with E-state index in [9.17, 15) is 9.59 Å². The number of hydrogen-bond acceptors (Lipinski definition) is 7. The molecule has 1 rings (SSSR count). The highest BCUT2D eigenvalue weighted by molar-refractivity contribution is 7.98. The average molecular weight is 405 g/mol. The first-order valence-electron chi connectivity index (χ1n) is 5.96. The first-order valence-corrected chi connectivity index (χ1v) is 7.56. The number of carboxylic acid groups (broad SMARTS) is 1. The molecule has 1 heterocycles. The Bertz CT molecular complexity index is 483. The summed E-state index contributed by atoms with van der Waals surface area (Å²) in [4.78, 5) is 26.9. The van der Waals surface area contributed by atoms with Crippen molar-refractivity contribution in [3.63, 3.8) is 0 Å². The molecule has 0 unspecified atom stereocenters. The molecule has 0 bridgehead atoms. The molecule has 0 aliphatic heterocycles. The minimum absolute atomic E-state index is 0. The van der Waals surface area contributed by atoms with E-state index in [-0.39, 0.29) is 37.4 Å². The van der Waals surface area contributed by atoms with Gasteiger partial charge in [0.2, 0.25) is 5.91 Å². The lowest BCUT2D eigenvalue weighted by molar-refractivity contribution is -0.139. The number of thiol groups is 1. The number of aliphatic carboxylic acids is 1. The highest BCUT2D eigenvalue weighted by Crippen LogP contribution is 2.16. The Kier molecular flexibility index (Phi) is 17.5. The van der Waals surface area contributed by atoms with E-state index in [0.717, 1.165) is 10.6 Å². The molecule has 0 radical (unpaired) electrons. The second-order valence-corrected chi connectivity index (χ2v) is 5.60. The van der Waals surface area contributed by atoms with E-state index >= 15 is 0 Å².